The standard InChI is InChI=1S/C60H103O11P/c1-4-7-10-13-16-19-22-25-27-28-30-33-36-39-42-45-48-51-60(64)71-57(53-67-58(62)49-46-43-40-37-34-31-24-21-18-15-12-9-6-3)55-69-72(65,66)68-54-56(52-61)70-59(63)50-47-44-41-38-35-32-29-26-23-20-17-14-11-8-5-2/h9,12,17-18,20-21,25-27,29,31,34,40,43,56-57,61H,4-8,10-11,13-16,19,22-24,28,30,32-33,35-39,41-42,44-55H2,1-3H3,(H,65,66)/b12-9-,20-17-,21-18-,27-25-,29-26-,34-31-,43-40-. The summed E-state index contributed by atoms with van der Waals surface area (Å²) in [5.74, 6) is -1.58. The molecule has 0 fully saturated rings. The van der Waals surface area contributed by atoms with Gasteiger partial charge in [0.25, 0.3) is 0 Å². The Hall–Kier alpha value is -3.34. The Morgan fingerprint density at radius 1 is 0.403 bits per heavy atom. The van der Waals surface area contributed by atoms with E-state index in [9.17, 15) is 28.9 Å². The number of carbonyl (C=O) groups is 3. The van der Waals surface area contributed by atoms with Crippen LogP contribution >= 0.6 is 7.82 Å². The molecule has 72 heavy (non-hydrogen) atoms. The lowest BCUT2D eigenvalue weighted by molar-refractivity contribution is -0.161. The van der Waals surface area contributed by atoms with Crippen LogP contribution in [0.2, 0.25) is 0 Å². The van der Waals surface area contributed by atoms with Crippen molar-refractivity contribution in [2.24, 2.45) is 0 Å². The van der Waals surface area contributed by atoms with Gasteiger partial charge in [-0.3, -0.25) is 23.4 Å². The predicted molar refractivity (Wildman–Crippen MR) is 298 cm³/mol. The summed E-state index contributed by atoms with van der Waals surface area (Å²) in [6.07, 6.45) is 61.3. The molecule has 2 N–H and O–H groups in total. The molecule has 3 atom stereocenters. The van der Waals surface area contributed by atoms with Crippen molar-refractivity contribution in [3.8, 4) is 0 Å². The monoisotopic (exact) mass is 1030 g/mol. The summed E-state index contributed by atoms with van der Waals surface area (Å²) in [6.45, 7) is 4.40. The Morgan fingerprint density at radius 2 is 0.750 bits per heavy atom. The zero-order valence-electron chi connectivity index (χ0n) is 45.6. The van der Waals surface area contributed by atoms with E-state index in [1.165, 1.54) is 77.0 Å². The molecule has 0 saturated carbocycles. The van der Waals surface area contributed by atoms with Gasteiger partial charge in [-0.2, -0.15) is 0 Å². The summed E-state index contributed by atoms with van der Waals surface area (Å²) in [7, 11) is -4.77. The van der Waals surface area contributed by atoms with Gasteiger partial charge in [-0.05, 0) is 103 Å². The molecule has 414 valence electrons. The van der Waals surface area contributed by atoms with Gasteiger partial charge < -0.3 is 24.2 Å². The maximum Gasteiger partial charge on any atom is 0.472 e. The summed E-state index contributed by atoms with van der Waals surface area (Å²) in [5.41, 5.74) is 0. The molecular weight excluding hydrogens is 928 g/mol. The fourth-order valence-corrected chi connectivity index (χ4v) is 8.24. The van der Waals surface area contributed by atoms with Gasteiger partial charge in [-0.25, -0.2) is 4.57 Å². The number of hydrogen-bond acceptors (Lipinski definition) is 10. The Kier molecular flexibility index (Phi) is 51.4. The third-order valence-corrected chi connectivity index (χ3v) is 12.7. The first-order valence-electron chi connectivity index (χ1n) is 28.5. The number of aliphatic hydroxyl groups is 1. The van der Waals surface area contributed by atoms with E-state index >= 15 is 0 Å². The molecule has 0 aliphatic carbocycles. The molecule has 0 heterocycles. The second-order valence-electron chi connectivity index (χ2n) is 18.7. The van der Waals surface area contributed by atoms with Crippen molar-refractivity contribution in [2.45, 2.75) is 251 Å². The lowest BCUT2D eigenvalue weighted by Crippen LogP contribution is -2.30. The number of phosphoric acid groups is 1. The number of esters is 3. The molecule has 0 aromatic carbocycles. The van der Waals surface area contributed by atoms with Crippen molar-refractivity contribution >= 4 is 25.7 Å². The summed E-state index contributed by atoms with van der Waals surface area (Å²) in [4.78, 5) is 48.4. The third kappa shape index (κ3) is 51.6. The average Bonchev–Trinajstić information content (AvgIpc) is 3.37. The van der Waals surface area contributed by atoms with E-state index in [0.29, 0.717) is 19.3 Å². The number of carbonyl (C=O) groups excluding carboxylic acids is 3. The van der Waals surface area contributed by atoms with E-state index in [0.717, 1.165) is 103 Å². The van der Waals surface area contributed by atoms with Crippen molar-refractivity contribution in [1.82, 2.24) is 0 Å². The van der Waals surface area contributed by atoms with Crippen LogP contribution in [0, 0.1) is 0 Å². The highest BCUT2D eigenvalue weighted by Crippen LogP contribution is 2.43. The van der Waals surface area contributed by atoms with Crippen LogP contribution in [0.5, 0.6) is 0 Å². The van der Waals surface area contributed by atoms with Gasteiger partial charge in [0, 0.05) is 19.3 Å². The molecule has 0 amide bonds. The van der Waals surface area contributed by atoms with Crippen molar-refractivity contribution in [2.75, 3.05) is 26.4 Å². The topological polar surface area (TPSA) is 155 Å². The summed E-state index contributed by atoms with van der Waals surface area (Å²) >= 11 is 0. The molecule has 0 aromatic rings. The minimum atomic E-state index is -4.77. The van der Waals surface area contributed by atoms with Crippen LogP contribution in [0.1, 0.15) is 239 Å². The zero-order valence-corrected chi connectivity index (χ0v) is 46.5. The highest BCUT2D eigenvalue weighted by Gasteiger charge is 2.28. The second-order valence-corrected chi connectivity index (χ2v) is 20.2. The van der Waals surface area contributed by atoms with Crippen LogP contribution in [0.15, 0.2) is 85.1 Å². The number of rotatable bonds is 52. The van der Waals surface area contributed by atoms with Gasteiger partial charge in [-0.15, -0.1) is 0 Å². The van der Waals surface area contributed by atoms with Crippen molar-refractivity contribution in [3.05, 3.63) is 85.1 Å². The van der Waals surface area contributed by atoms with Crippen LogP contribution in [0.25, 0.3) is 0 Å². The lowest BCUT2D eigenvalue weighted by atomic mass is 10.1. The average molecular weight is 1030 g/mol. The number of hydrogen-bond donors (Lipinski definition) is 2. The lowest BCUT2D eigenvalue weighted by Gasteiger charge is -2.21. The summed E-state index contributed by atoms with van der Waals surface area (Å²) < 4.78 is 39.4. The van der Waals surface area contributed by atoms with Crippen LogP contribution in [-0.2, 0) is 42.2 Å². The molecule has 12 heteroatoms. The number of aliphatic hydroxyl groups excluding tert-OH is 1. The first kappa shape index (κ1) is 68.7. The molecule has 0 rings (SSSR count). The molecule has 0 bridgehead atoms. The molecule has 0 aliphatic rings. The fraction of sp³-hybridized carbons (Fsp3) is 0.717. The Labute approximate surface area is 439 Å². The van der Waals surface area contributed by atoms with E-state index in [1.54, 1.807) is 0 Å². The predicted octanol–water partition coefficient (Wildman–Crippen LogP) is 16.7. The molecule has 3 unspecified atom stereocenters. The minimum absolute atomic E-state index is 0.101. The van der Waals surface area contributed by atoms with E-state index in [-0.39, 0.29) is 25.9 Å². The molecule has 0 aliphatic heterocycles. The van der Waals surface area contributed by atoms with Crippen molar-refractivity contribution < 1.29 is 52.2 Å². The van der Waals surface area contributed by atoms with E-state index in [2.05, 4.69) is 93.7 Å². The van der Waals surface area contributed by atoms with Crippen LogP contribution in [0.3, 0.4) is 0 Å². The highest BCUT2D eigenvalue weighted by molar-refractivity contribution is 7.47. The molecule has 11 nitrogen and oxygen atoms in total. The van der Waals surface area contributed by atoms with Gasteiger partial charge in [-0.1, -0.05) is 202 Å². The largest absolute Gasteiger partial charge is 0.472 e. The molecule has 0 spiro atoms. The maximum atomic E-state index is 12.9. The van der Waals surface area contributed by atoms with Crippen molar-refractivity contribution in [1.29, 1.82) is 0 Å². The SMILES string of the molecule is CC/C=C\C/C=C\C/C=C\C/C=C\CCC(=O)OCC(COP(=O)(O)OCC(CO)OC(=O)CCCCCCC/C=C\C/C=C\CCCCC)OC(=O)CCCCCCCCC/C=C\CCCCCCCC. The van der Waals surface area contributed by atoms with Gasteiger partial charge in [0.1, 0.15) is 12.7 Å². The van der Waals surface area contributed by atoms with E-state index in [4.69, 9.17) is 23.3 Å². The fourth-order valence-electron chi connectivity index (χ4n) is 7.45. The van der Waals surface area contributed by atoms with Crippen LogP contribution < -0.4 is 0 Å². The number of phosphoric ester groups is 1. The zero-order chi connectivity index (χ0) is 52.7. The smallest absolute Gasteiger partial charge is 0.462 e. The summed E-state index contributed by atoms with van der Waals surface area (Å²) in [5, 5.41) is 9.80. The van der Waals surface area contributed by atoms with Gasteiger partial charge >= 0.3 is 25.7 Å². The van der Waals surface area contributed by atoms with Crippen molar-refractivity contribution in [3.63, 3.8) is 0 Å². The van der Waals surface area contributed by atoms with E-state index < -0.39 is 57.8 Å². The Balaban J connectivity index is 4.79. The first-order chi connectivity index (χ1) is 35.2. The van der Waals surface area contributed by atoms with E-state index in [1.807, 2.05) is 12.2 Å². The highest BCUT2D eigenvalue weighted by atomic mass is 31.2. The van der Waals surface area contributed by atoms with Gasteiger partial charge in [0.15, 0.2) is 6.10 Å². The normalized spacial score (nSPS) is 14.0. The molecular formula is C60H103O11P. The molecule has 0 aromatic heterocycles. The quantitative estimate of drug-likeness (QED) is 0.0197. The Morgan fingerprint density at radius 3 is 1.21 bits per heavy atom. The maximum absolute atomic E-state index is 12.9. The Bertz CT molecular complexity index is 1530. The molecule has 0 radical (unpaired) electrons. The number of unbranched alkanes of at least 4 members (excludes halogenated alkanes) is 21. The van der Waals surface area contributed by atoms with Gasteiger partial charge in [0.2, 0.25) is 0 Å². The number of ether oxygens (including phenoxy) is 3. The van der Waals surface area contributed by atoms with Crippen LogP contribution in [0.4, 0.5) is 0 Å². The first-order valence-corrected chi connectivity index (χ1v) is 30.0. The van der Waals surface area contributed by atoms with Crippen LogP contribution in [-0.4, -0.2) is 66.5 Å². The van der Waals surface area contributed by atoms with Gasteiger partial charge in [0.05, 0.1) is 19.8 Å². The minimum Gasteiger partial charge on any atom is -0.462 e. The summed E-state index contributed by atoms with van der Waals surface area (Å²) in [6, 6.07) is 0. The molecule has 0 saturated heterocycles. The third-order valence-electron chi connectivity index (χ3n) is 11.8. The number of allylic oxidation sites excluding steroid dienone is 14. The second kappa shape index (κ2) is 53.9.